The van der Waals surface area contributed by atoms with Crippen molar-refractivity contribution in [1.29, 1.82) is 0 Å². The van der Waals surface area contributed by atoms with E-state index in [1.54, 1.807) is 0 Å². The van der Waals surface area contributed by atoms with Crippen LogP contribution in [0.25, 0.3) is 0 Å². The minimum absolute atomic E-state index is 0.134. The Bertz CT molecular complexity index is 1040. The fourth-order valence-corrected chi connectivity index (χ4v) is 8.75. The molecule has 0 atom stereocenters. The summed E-state index contributed by atoms with van der Waals surface area (Å²) in [6, 6.07) is 0. The average Bonchev–Trinajstić information content (AvgIpc) is 3.29. The molecule has 0 aliphatic rings. The smallest absolute Gasteiger partial charge is 0.305 e. The first kappa shape index (κ1) is 62.1. The number of carboxylic acid groups (broad SMARTS) is 1. The molecule has 0 saturated heterocycles. The lowest BCUT2D eigenvalue weighted by Gasteiger charge is -2.26. The normalized spacial score (nSPS) is 11.5. The minimum atomic E-state index is -0.787. The van der Waals surface area contributed by atoms with Crippen molar-refractivity contribution in [2.45, 2.75) is 271 Å². The lowest BCUT2D eigenvalue weighted by atomic mass is 10.0. The Hall–Kier alpha value is -1.93. The molecular formula is C55H106N2O7. The number of allylic oxidation sites excluding steroid dienone is 1. The summed E-state index contributed by atoms with van der Waals surface area (Å²) in [5.74, 6) is 1.50. The molecule has 0 saturated carbocycles. The summed E-state index contributed by atoms with van der Waals surface area (Å²) in [6.07, 6.45) is 47.2. The van der Waals surface area contributed by atoms with Gasteiger partial charge in [0.2, 0.25) is 0 Å². The van der Waals surface area contributed by atoms with Crippen LogP contribution in [-0.2, 0) is 23.9 Å². The van der Waals surface area contributed by atoms with Gasteiger partial charge in [0.1, 0.15) is 0 Å². The van der Waals surface area contributed by atoms with Crippen LogP contribution in [0.4, 0.5) is 0 Å². The highest BCUT2D eigenvalue weighted by Gasteiger charge is 2.12. The summed E-state index contributed by atoms with van der Waals surface area (Å²) < 4.78 is 11.3. The van der Waals surface area contributed by atoms with Crippen molar-refractivity contribution in [2.75, 3.05) is 59.1 Å². The second-order valence-corrected chi connectivity index (χ2v) is 19.0. The topological polar surface area (TPSA) is 117 Å². The lowest BCUT2D eigenvalue weighted by Crippen LogP contribution is -2.33. The number of ether oxygens (including phenoxy) is 2. The van der Waals surface area contributed by atoms with Crippen LogP contribution < -0.4 is 0 Å². The molecule has 0 fully saturated rings. The molecule has 0 aromatic carbocycles. The summed E-state index contributed by atoms with van der Waals surface area (Å²) in [5.41, 5.74) is 0. The van der Waals surface area contributed by atoms with E-state index in [-0.39, 0.29) is 19.0 Å². The number of carboxylic acids is 1. The number of unbranched alkanes of at least 4 members (excludes halogenated alkanes) is 30. The molecule has 378 valence electrons. The molecular weight excluding hydrogens is 801 g/mol. The van der Waals surface area contributed by atoms with Crippen LogP contribution in [0, 0.1) is 0 Å². The highest BCUT2D eigenvalue weighted by molar-refractivity contribution is 5.69. The Morgan fingerprint density at radius 3 is 1.06 bits per heavy atom. The van der Waals surface area contributed by atoms with E-state index < -0.39 is 5.97 Å². The third kappa shape index (κ3) is 48.0. The Morgan fingerprint density at radius 2 is 0.703 bits per heavy atom. The number of aliphatic carboxylic acids is 1. The van der Waals surface area contributed by atoms with Crippen molar-refractivity contribution in [2.24, 2.45) is 0 Å². The summed E-state index contributed by atoms with van der Waals surface area (Å²) in [6.45, 7) is 10.4. The Kier molecular flexibility index (Phi) is 50.5. The molecule has 2 N–H and O–H groups in total. The number of hydrogen-bond acceptors (Lipinski definition) is 8. The fourth-order valence-electron chi connectivity index (χ4n) is 8.75. The van der Waals surface area contributed by atoms with Gasteiger partial charge in [-0.25, -0.2) is 4.79 Å². The van der Waals surface area contributed by atoms with Crippen molar-refractivity contribution in [3.63, 3.8) is 0 Å². The SMILES string of the molecule is CCCCCCCCCCCCCCCCCCCCCCCOC(=O)CCCN(CCCC(=O)O)CCCN(CCCO)CCCC(=C=O)OCCCCCCCCCCCCC. The van der Waals surface area contributed by atoms with Gasteiger partial charge in [-0.1, -0.05) is 206 Å². The van der Waals surface area contributed by atoms with E-state index >= 15 is 0 Å². The predicted octanol–water partition coefficient (Wildman–Crippen LogP) is 14.6. The van der Waals surface area contributed by atoms with Crippen LogP contribution in [0.5, 0.6) is 0 Å². The zero-order chi connectivity index (χ0) is 46.7. The highest BCUT2D eigenvalue weighted by atomic mass is 16.5. The van der Waals surface area contributed by atoms with E-state index in [0.717, 1.165) is 71.2 Å². The predicted molar refractivity (Wildman–Crippen MR) is 270 cm³/mol. The zero-order valence-electron chi connectivity index (χ0n) is 42.5. The molecule has 0 bridgehead atoms. The Balaban J connectivity index is 4.10. The Morgan fingerprint density at radius 1 is 0.391 bits per heavy atom. The first-order valence-electron chi connectivity index (χ1n) is 27.8. The van der Waals surface area contributed by atoms with Crippen molar-refractivity contribution in [3.05, 3.63) is 5.76 Å². The van der Waals surface area contributed by atoms with Gasteiger partial charge in [-0.05, 0) is 77.7 Å². The number of carbonyl (C=O) groups is 2. The maximum atomic E-state index is 12.5. The van der Waals surface area contributed by atoms with Crippen LogP contribution in [0.3, 0.4) is 0 Å². The van der Waals surface area contributed by atoms with E-state index in [1.165, 1.54) is 180 Å². The van der Waals surface area contributed by atoms with Gasteiger partial charge in [-0.15, -0.1) is 0 Å². The Labute approximate surface area is 396 Å². The molecule has 64 heavy (non-hydrogen) atoms. The number of aliphatic hydroxyl groups is 1. The van der Waals surface area contributed by atoms with Crippen molar-refractivity contribution in [3.8, 4) is 0 Å². The molecule has 0 aliphatic carbocycles. The lowest BCUT2D eigenvalue weighted by molar-refractivity contribution is -0.144. The number of nitrogens with zero attached hydrogens (tertiary/aromatic N) is 2. The maximum absolute atomic E-state index is 12.5. The third-order valence-corrected chi connectivity index (χ3v) is 12.8. The summed E-state index contributed by atoms with van der Waals surface area (Å²) >= 11 is 0. The summed E-state index contributed by atoms with van der Waals surface area (Å²) in [5, 5.41) is 18.7. The van der Waals surface area contributed by atoms with E-state index in [1.807, 2.05) is 5.94 Å². The van der Waals surface area contributed by atoms with Crippen LogP contribution in [0.2, 0.25) is 0 Å². The molecule has 0 radical (unpaired) electrons. The second kappa shape index (κ2) is 52.0. The number of esters is 1. The summed E-state index contributed by atoms with van der Waals surface area (Å²) in [7, 11) is 0. The van der Waals surface area contributed by atoms with Crippen LogP contribution in [0.1, 0.15) is 271 Å². The van der Waals surface area contributed by atoms with Crippen LogP contribution in [0.15, 0.2) is 5.76 Å². The molecule has 0 aliphatic heterocycles. The second-order valence-electron chi connectivity index (χ2n) is 19.0. The number of carbonyl (C=O) groups excluding carboxylic acids is 2. The average molecular weight is 907 g/mol. The molecule has 0 unspecified atom stereocenters. The van der Waals surface area contributed by atoms with Gasteiger partial charge >= 0.3 is 11.9 Å². The van der Waals surface area contributed by atoms with Gasteiger partial charge in [-0.2, -0.15) is 0 Å². The van der Waals surface area contributed by atoms with Crippen molar-refractivity contribution < 1.29 is 34.1 Å². The van der Waals surface area contributed by atoms with Crippen molar-refractivity contribution in [1.82, 2.24) is 9.80 Å². The van der Waals surface area contributed by atoms with Crippen molar-refractivity contribution >= 4 is 17.9 Å². The van der Waals surface area contributed by atoms with E-state index in [9.17, 15) is 24.6 Å². The first-order chi connectivity index (χ1) is 31.5. The number of hydrogen-bond donors (Lipinski definition) is 2. The van der Waals surface area contributed by atoms with Crippen LogP contribution in [-0.4, -0.2) is 97.0 Å². The van der Waals surface area contributed by atoms with Gasteiger partial charge in [0.25, 0.3) is 0 Å². The highest BCUT2D eigenvalue weighted by Crippen LogP contribution is 2.16. The largest absolute Gasteiger partial charge is 0.487 e. The van der Waals surface area contributed by atoms with Crippen LogP contribution >= 0.6 is 0 Å². The van der Waals surface area contributed by atoms with Gasteiger partial charge in [0.15, 0.2) is 11.7 Å². The molecule has 9 nitrogen and oxygen atoms in total. The quantitative estimate of drug-likeness (QED) is 0.0266. The standard InChI is InChI=1S/C55H106N2O7/c1-3-5-7-9-11-13-15-16-17-18-19-20-21-22-23-24-26-28-30-32-34-51-64-55(62)42-37-45-56(44-36-41-54(60)61)46-38-47-57(48-39-49-58)43-35-40-53(52-59)63-50-33-31-29-27-25-14-12-10-8-6-4-2/h58H,3-51H2,1-2H3,(H,60,61). The van der Waals surface area contributed by atoms with Gasteiger partial charge < -0.3 is 29.5 Å². The zero-order valence-corrected chi connectivity index (χ0v) is 42.5. The first-order valence-corrected chi connectivity index (χ1v) is 27.8. The fraction of sp³-hybridized carbons (Fsp3) is 0.927. The van der Waals surface area contributed by atoms with Gasteiger partial charge in [0.05, 0.1) is 13.2 Å². The maximum Gasteiger partial charge on any atom is 0.305 e. The van der Waals surface area contributed by atoms with E-state index in [0.29, 0.717) is 57.6 Å². The molecule has 9 heteroatoms. The molecule has 0 aromatic rings. The van der Waals surface area contributed by atoms with E-state index in [2.05, 4.69) is 23.6 Å². The monoisotopic (exact) mass is 907 g/mol. The molecule has 0 heterocycles. The summed E-state index contributed by atoms with van der Waals surface area (Å²) in [4.78, 5) is 39.9. The molecule has 0 amide bonds. The van der Waals surface area contributed by atoms with E-state index in [4.69, 9.17) is 9.47 Å². The number of aliphatic hydroxyl groups excluding tert-OH is 1. The molecule has 0 aromatic heterocycles. The third-order valence-electron chi connectivity index (χ3n) is 12.8. The van der Waals surface area contributed by atoms with Gasteiger partial charge in [0, 0.05) is 32.4 Å². The molecule has 0 spiro atoms. The van der Waals surface area contributed by atoms with Gasteiger partial charge in [-0.3, -0.25) is 9.59 Å². The molecule has 0 rings (SSSR count). The number of rotatable bonds is 54. The minimum Gasteiger partial charge on any atom is -0.487 e.